The number of pyridine rings is 1. The minimum absolute atomic E-state index is 0.109. The van der Waals surface area contributed by atoms with Crippen molar-refractivity contribution in [3.63, 3.8) is 0 Å². The van der Waals surface area contributed by atoms with E-state index >= 15 is 0 Å². The van der Waals surface area contributed by atoms with Gasteiger partial charge in [0.05, 0.1) is 22.8 Å². The molecule has 0 spiro atoms. The standard InChI is InChI=1S/C21H17BrN6O/c1-21(12-28-19(20(24)27-21)16(22)11-26-28)15-4-2-3-13(7-15)8-18(29)17-6-5-14(9-23)10-25-17/h2-7,10-11H,8,12H2,1H3,(H2,24,27). The Balaban J connectivity index is 1.60. The van der Waals surface area contributed by atoms with E-state index in [1.54, 1.807) is 18.3 Å². The molecule has 3 heterocycles. The molecule has 0 saturated heterocycles. The Kier molecular flexibility index (Phi) is 4.76. The summed E-state index contributed by atoms with van der Waals surface area (Å²) in [4.78, 5) is 21.4. The second kappa shape index (κ2) is 7.26. The number of aliphatic imine (C=N–C) groups is 1. The number of nitriles is 1. The minimum Gasteiger partial charge on any atom is -0.382 e. The van der Waals surface area contributed by atoms with Crippen LogP contribution in [0.3, 0.4) is 0 Å². The topological polar surface area (TPSA) is 110 Å². The number of nitrogens with two attached hydrogens (primary N) is 1. The smallest absolute Gasteiger partial charge is 0.185 e. The van der Waals surface area contributed by atoms with Gasteiger partial charge in [-0.3, -0.25) is 19.5 Å². The van der Waals surface area contributed by atoms with E-state index in [2.05, 4.69) is 26.0 Å². The highest BCUT2D eigenvalue weighted by molar-refractivity contribution is 9.10. The Bertz CT molecular complexity index is 1170. The summed E-state index contributed by atoms with van der Waals surface area (Å²) in [6.45, 7) is 2.55. The average Bonchev–Trinajstić information content (AvgIpc) is 3.09. The van der Waals surface area contributed by atoms with Crippen molar-refractivity contribution in [3.8, 4) is 6.07 Å². The van der Waals surface area contributed by atoms with Gasteiger partial charge in [0.1, 0.15) is 28.8 Å². The van der Waals surface area contributed by atoms with E-state index in [-0.39, 0.29) is 12.2 Å². The fraction of sp³-hybridized carbons (Fsp3) is 0.190. The zero-order valence-corrected chi connectivity index (χ0v) is 17.2. The molecule has 0 bridgehead atoms. The monoisotopic (exact) mass is 448 g/mol. The highest BCUT2D eigenvalue weighted by atomic mass is 79.9. The van der Waals surface area contributed by atoms with Crippen molar-refractivity contribution in [3.05, 3.63) is 81.3 Å². The van der Waals surface area contributed by atoms with Crippen LogP contribution in [0.1, 0.15) is 39.8 Å². The highest BCUT2D eigenvalue weighted by Gasteiger charge is 2.34. The molecule has 1 aromatic carbocycles. The van der Waals surface area contributed by atoms with E-state index in [1.807, 2.05) is 41.9 Å². The molecule has 1 atom stereocenters. The number of nitrogens with zero attached hydrogens (tertiary/aromatic N) is 5. The fourth-order valence-corrected chi connectivity index (χ4v) is 3.96. The quantitative estimate of drug-likeness (QED) is 0.616. The normalized spacial score (nSPS) is 17.9. The Labute approximate surface area is 176 Å². The molecule has 0 radical (unpaired) electrons. The number of aromatic nitrogens is 3. The van der Waals surface area contributed by atoms with Crippen LogP contribution >= 0.6 is 15.9 Å². The summed E-state index contributed by atoms with van der Waals surface area (Å²) < 4.78 is 2.65. The highest BCUT2D eigenvalue weighted by Crippen LogP contribution is 2.33. The molecule has 0 saturated carbocycles. The van der Waals surface area contributed by atoms with Gasteiger partial charge in [-0.05, 0) is 46.1 Å². The third kappa shape index (κ3) is 3.57. The number of amidine groups is 1. The van der Waals surface area contributed by atoms with Gasteiger partial charge in [-0.15, -0.1) is 0 Å². The van der Waals surface area contributed by atoms with E-state index in [0.29, 0.717) is 23.6 Å². The van der Waals surface area contributed by atoms with Gasteiger partial charge in [-0.2, -0.15) is 10.4 Å². The third-order valence-corrected chi connectivity index (χ3v) is 5.53. The summed E-state index contributed by atoms with van der Waals surface area (Å²) in [5, 5.41) is 13.2. The molecular weight excluding hydrogens is 432 g/mol. The van der Waals surface area contributed by atoms with Crippen molar-refractivity contribution in [2.24, 2.45) is 10.7 Å². The van der Waals surface area contributed by atoms with E-state index in [9.17, 15) is 4.79 Å². The van der Waals surface area contributed by atoms with Gasteiger partial charge in [0.2, 0.25) is 0 Å². The number of halogens is 1. The number of Topliss-reactive ketones (excluding diaryl/α,β-unsaturated/α-hetero) is 1. The molecule has 8 heteroatoms. The number of carbonyl (C=O) groups excluding carboxylic acids is 1. The maximum atomic E-state index is 12.6. The number of ketones is 1. The van der Waals surface area contributed by atoms with Gasteiger partial charge in [-0.25, -0.2) is 0 Å². The van der Waals surface area contributed by atoms with Gasteiger partial charge in [0, 0.05) is 12.6 Å². The van der Waals surface area contributed by atoms with Gasteiger partial charge in [-0.1, -0.05) is 24.3 Å². The molecule has 4 rings (SSSR count). The Hall–Kier alpha value is -3.31. The molecule has 144 valence electrons. The van der Waals surface area contributed by atoms with Crippen LogP contribution in [0.15, 0.2) is 58.3 Å². The molecule has 29 heavy (non-hydrogen) atoms. The number of benzene rings is 1. The molecule has 3 aromatic rings. The molecule has 0 amide bonds. The maximum Gasteiger partial charge on any atom is 0.185 e. The molecule has 1 aliphatic heterocycles. The number of carbonyl (C=O) groups is 1. The maximum absolute atomic E-state index is 12.6. The van der Waals surface area contributed by atoms with Crippen molar-refractivity contribution >= 4 is 27.5 Å². The average molecular weight is 449 g/mol. The predicted molar refractivity (Wildman–Crippen MR) is 111 cm³/mol. The Morgan fingerprint density at radius 1 is 1.34 bits per heavy atom. The zero-order chi connectivity index (χ0) is 20.6. The molecule has 0 fully saturated rings. The number of hydrogen-bond acceptors (Lipinski definition) is 6. The largest absolute Gasteiger partial charge is 0.382 e. The van der Waals surface area contributed by atoms with E-state index in [0.717, 1.165) is 21.3 Å². The summed E-state index contributed by atoms with van der Waals surface area (Å²) >= 11 is 3.45. The number of rotatable bonds is 4. The zero-order valence-electron chi connectivity index (χ0n) is 15.6. The lowest BCUT2D eigenvalue weighted by atomic mass is 9.89. The summed E-state index contributed by atoms with van der Waals surface area (Å²) in [5.41, 5.74) is 8.97. The third-order valence-electron chi connectivity index (χ3n) is 4.95. The van der Waals surface area contributed by atoms with Crippen LogP contribution in [-0.2, 0) is 18.5 Å². The summed E-state index contributed by atoms with van der Waals surface area (Å²) in [7, 11) is 0. The minimum atomic E-state index is -0.589. The molecular formula is C21H17BrN6O. The molecule has 7 nitrogen and oxygen atoms in total. The first-order valence-corrected chi connectivity index (χ1v) is 9.75. The Morgan fingerprint density at radius 3 is 2.90 bits per heavy atom. The van der Waals surface area contributed by atoms with Crippen LogP contribution < -0.4 is 5.73 Å². The van der Waals surface area contributed by atoms with Crippen molar-refractivity contribution in [2.75, 3.05) is 0 Å². The van der Waals surface area contributed by atoms with Crippen molar-refractivity contribution in [1.82, 2.24) is 14.8 Å². The fourth-order valence-electron chi connectivity index (χ4n) is 3.46. The first-order chi connectivity index (χ1) is 13.9. The second-order valence-electron chi connectivity index (χ2n) is 7.11. The van der Waals surface area contributed by atoms with Gasteiger partial charge >= 0.3 is 0 Å². The first-order valence-electron chi connectivity index (χ1n) is 8.95. The van der Waals surface area contributed by atoms with Crippen molar-refractivity contribution in [1.29, 1.82) is 5.26 Å². The summed E-state index contributed by atoms with van der Waals surface area (Å²) in [6, 6.07) is 12.9. The van der Waals surface area contributed by atoms with E-state index in [4.69, 9.17) is 16.0 Å². The number of fused-ring (bicyclic) bond motifs is 1. The van der Waals surface area contributed by atoms with Crippen molar-refractivity contribution < 1.29 is 4.79 Å². The van der Waals surface area contributed by atoms with Crippen LogP contribution in [-0.4, -0.2) is 26.4 Å². The van der Waals surface area contributed by atoms with Crippen LogP contribution in [0.2, 0.25) is 0 Å². The summed E-state index contributed by atoms with van der Waals surface area (Å²) in [6.07, 6.45) is 3.33. The number of hydrogen-bond donors (Lipinski definition) is 1. The van der Waals surface area contributed by atoms with Gasteiger partial charge in [0.25, 0.3) is 0 Å². The van der Waals surface area contributed by atoms with Gasteiger partial charge in [0.15, 0.2) is 5.78 Å². The predicted octanol–water partition coefficient (Wildman–Crippen LogP) is 2.97. The first kappa shape index (κ1) is 19.0. The molecule has 2 N–H and O–H groups in total. The van der Waals surface area contributed by atoms with E-state index < -0.39 is 5.54 Å². The van der Waals surface area contributed by atoms with Crippen molar-refractivity contribution in [2.45, 2.75) is 25.4 Å². The lowest BCUT2D eigenvalue weighted by molar-refractivity contribution is 0.0988. The summed E-state index contributed by atoms with van der Waals surface area (Å²) in [5.74, 6) is 0.313. The van der Waals surface area contributed by atoms with E-state index in [1.165, 1.54) is 6.20 Å². The van der Waals surface area contributed by atoms with Crippen LogP contribution in [0, 0.1) is 11.3 Å². The van der Waals surface area contributed by atoms with Crippen LogP contribution in [0.5, 0.6) is 0 Å². The van der Waals surface area contributed by atoms with Crippen LogP contribution in [0.4, 0.5) is 0 Å². The molecule has 2 aromatic heterocycles. The van der Waals surface area contributed by atoms with Crippen LogP contribution in [0.25, 0.3) is 0 Å². The molecule has 1 aliphatic rings. The second-order valence-corrected chi connectivity index (χ2v) is 7.97. The van der Waals surface area contributed by atoms with Gasteiger partial charge < -0.3 is 5.73 Å². The Morgan fingerprint density at radius 2 is 2.17 bits per heavy atom. The SMILES string of the molecule is CC1(c2cccc(CC(=O)c3ccc(C#N)cn3)c2)Cn2ncc(Br)c2C(N)=N1. The lowest BCUT2D eigenvalue weighted by Crippen LogP contribution is -2.37. The molecule has 0 aliphatic carbocycles. The molecule has 1 unspecified atom stereocenters. The lowest BCUT2D eigenvalue weighted by Gasteiger charge is -2.31.